The summed E-state index contributed by atoms with van der Waals surface area (Å²) in [4.78, 5) is 25.7. The van der Waals surface area contributed by atoms with Gasteiger partial charge in [-0.25, -0.2) is 4.79 Å². The Morgan fingerprint density at radius 2 is 1.91 bits per heavy atom. The highest BCUT2D eigenvalue weighted by Gasteiger charge is 2.48. The molecule has 7 heteroatoms. The van der Waals surface area contributed by atoms with Gasteiger partial charge >= 0.3 is 6.03 Å². The first kappa shape index (κ1) is 16.1. The van der Waals surface area contributed by atoms with Crippen molar-refractivity contribution < 1.29 is 24.2 Å². The van der Waals surface area contributed by atoms with E-state index in [1.165, 1.54) is 14.2 Å². The highest BCUT2D eigenvalue weighted by Crippen LogP contribution is 2.35. The number of nitrogens with one attached hydrogen (secondary N) is 1. The topological polar surface area (TPSA) is 88.1 Å². The molecule has 7 nitrogen and oxygen atoms in total. The Hall–Kier alpha value is -2.28. The third-order valence-corrected chi connectivity index (χ3v) is 3.78. The molecule has 1 aromatic carbocycles. The van der Waals surface area contributed by atoms with Crippen LogP contribution in [0.4, 0.5) is 4.79 Å². The van der Waals surface area contributed by atoms with Crippen molar-refractivity contribution in [1.82, 2.24) is 10.2 Å². The van der Waals surface area contributed by atoms with E-state index in [1.807, 2.05) is 0 Å². The van der Waals surface area contributed by atoms with E-state index in [1.54, 1.807) is 25.1 Å². The van der Waals surface area contributed by atoms with Gasteiger partial charge in [-0.15, -0.1) is 0 Å². The van der Waals surface area contributed by atoms with Gasteiger partial charge < -0.3 is 19.9 Å². The van der Waals surface area contributed by atoms with E-state index >= 15 is 0 Å². The van der Waals surface area contributed by atoms with Crippen LogP contribution in [0.1, 0.15) is 18.9 Å². The molecule has 0 bridgehead atoms. The van der Waals surface area contributed by atoms with Gasteiger partial charge in [0.05, 0.1) is 14.2 Å². The highest BCUT2D eigenvalue weighted by atomic mass is 16.5. The zero-order valence-electron chi connectivity index (χ0n) is 12.9. The minimum absolute atomic E-state index is 0.0792. The van der Waals surface area contributed by atoms with E-state index in [0.717, 1.165) is 4.90 Å². The van der Waals surface area contributed by atoms with Crippen LogP contribution in [0, 0.1) is 0 Å². The quantitative estimate of drug-likeness (QED) is 0.761. The van der Waals surface area contributed by atoms with Crippen molar-refractivity contribution in [3.63, 3.8) is 0 Å². The van der Waals surface area contributed by atoms with E-state index in [-0.39, 0.29) is 19.1 Å². The van der Waals surface area contributed by atoms with Crippen molar-refractivity contribution in [2.75, 3.05) is 27.4 Å². The summed E-state index contributed by atoms with van der Waals surface area (Å²) in [6, 6.07) is 4.62. The second-order valence-electron chi connectivity index (χ2n) is 5.16. The van der Waals surface area contributed by atoms with E-state index < -0.39 is 11.6 Å². The molecule has 1 aliphatic rings. The summed E-state index contributed by atoms with van der Waals surface area (Å²) in [5.74, 6) is 0.680. The Kier molecular flexibility index (Phi) is 4.56. The third-order valence-electron chi connectivity index (χ3n) is 3.78. The molecule has 1 aromatic rings. The van der Waals surface area contributed by atoms with Gasteiger partial charge in [-0.3, -0.25) is 9.69 Å². The van der Waals surface area contributed by atoms with Crippen LogP contribution < -0.4 is 14.8 Å². The lowest BCUT2D eigenvalue weighted by Gasteiger charge is -2.23. The smallest absolute Gasteiger partial charge is 0.325 e. The van der Waals surface area contributed by atoms with Gasteiger partial charge in [0, 0.05) is 13.2 Å². The summed E-state index contributed by atoms with van der Waals surface area (Å²) in [5.41, 5.74) is -0.554. The summed E-state index contributed by atoms with van der Waals surface area (Å²) < 4.78 is 10.4. The van der Waals surface area contributed by atoms with Crippen molar-refractivity contribution in [1.29, 1.82) is 0 Å². The van der Waals surface area contributed by atoms with Gasteiger partial charge in [0.2, 0.25) is 0 Å². The molecule has 2 N–H and O–H groups in total. The summed E-state index contributed by atoms with van der Waals surface area (Å²) in [6.45, 7) is 1.75. The molecule has 2 rings (SSSR count). The first-order valence-corrected chi connectivity index (χ1v) is 6.95. The molecule has 3 amide bonds. The van der Waals surface area contributed by atoms with Gasteiger partial charge in [-0.05, 0) is 31.0 Å². The number of amides is 3. The minimum atomic E-state index is -1.16. The first-order chi connectivity index (χ1) is 10.5. The average molecular weight is 308 g/mol. The fourth-order valence-electron chi connectivity index (χ4n) is 2.47. The number of carbonyl (C=O) groups is 2. The Labute approximate surface area is 128 Å². The monoisotopic (exact) mass is 308 g/mol. The number of carbonyl (C=O) groups excluding carboxylic acids is 2. The number of hydrogen-bond acceptors (Lipinski definition) is 5. The van der Waals surface area contributed by atoms with Crippen molar-refractivity contribution in [3.05, 3.63) is 23.8 Å². The number of ether oxygens (including phenoxy) is 2. The molecule has 1 fully saturated rings. The number of aliphatic hydroxyl groups is 1. The van der Waals surface area contributed by atoms with E-state index in [2.05, 4.69) is 5.32 Å². The minimum Gasteiger partial charge on any atom is -0.493 e. The zero-order chi connectivity index (χ0) is 16.3. The molecule has 0 spiro atoms. The average Bonchev–Trinajstić information content (AvgIpc) is 2.75. The molecule has 1 atom stereocenters. The lowest BCUT2D eigenvalue weighted by atomic mass is 9.91. The molecule has 1 heterocycles. The predicted molar refractivity (Wildman–Crippen MR) is 78.8 cm³/mol. The second-order valence-corrected chi connectivity index (χ2v) is 5.16. The zero-order valence-corrected chi connectivity index (χ0v) is 12.9. The fraction of sp³-hybridized carbons (Fsp3) is 0.467. The largest absolute Gasteiger partial charge is 0.493 e. The van der Waals surface area contributed by atoms with Crippen LogP contribution in [0.2, 0.25) is 0 Å². The number of benzene rings is 1. The van der Waals surface area contributed by atoms with Gasteiger partial charge in [-0.2, -0.15) is 0 Å². The number of urea groups is 1. The summed E-state index contributed by atoms with van der Waals surface area (Å²) in [5, 5.41) is 11.6. The van der Waals surface area contributed by atoms with Gasteiger partial charge in [-0.1, -0.05) is 6.07 Å². The standard InChI is InChI=1S/C15H20N2O5/c1-15(10-5-6-11(21-2)12(9-10)22-3)13(19)17(7-4-8-18)14(20)16-15/h5-6,9,18H,4,7-8H2,1-3H3,(H,16,20). The Morgan fingerprint density at radius 3 is 2.50 bits per heavy atom. The van der Waals surface area contributed by atoms with Crippen molar-refractivity contribution in [2.24, 2.45) is 0 Å². The lowest BCUT2D eigenvalue weighted by molar-refractivity contribution is -0.131. The highest BCUT2D eigenvalue weighted by molar-refractivity contribution is 6.07. The fourth-order valence-corrected chi connectivity index (χ4v) is 2.47. The Bertz CT molecular complexity index is 589. The number of rotatable bonds is 6. The molecule has 0 aromatic heterocycles. The van der Waals surface area contributed by atoms with Crippen LogP contribution in [0.15, 0.2) is 18.2 Å². The third kappa shape index (κ3) is 2.59. The van der Waals surface area contributed by atoms with Crippen LogP contribution in [-0.4, -0.2) is 49.3 Å². The van der Waals surface area contributed by atoms with Crippen LogP contribution in [0.3, 0.4) is 0 Å². The Morgan fingerprint density at radius 1 is 1.23 bits per heavy atom. The number of methoxy groups -OCH3 is 2. The molecule has 120 valence electrons. The van der Waals surface area contributed by atoms with Gasteiger partial charge in [0.25, 0.3) is 5.91 Å². The number of aliphatic hydroxyl groups excluding tert-OH is 1. The molecular weight excluding hydrogens is 288 g/mol. The SMILES string of the molecule is COc1ccc(C2(C)NC(=O)N(CCCO)C2=O)cc1OC. The number of imide groups is 1. The molecule has 0 radical (unpaired) electrons. The lowest BCUT2D eigenvalue weighted by Crippen LogP contribution is -2.41. The van der Waals surface area contributed by atoms with Crippen LogP contribution in [-0.2, 0) is 10.3 Å². The maximum absolute atomic E-state index is 12.6. The second kappa shape index (κ2) is 6.23. The molecule has 1 aliphatic heterocycles. The first-order valence-electron chi connectivity index (χ1n) is 6.95. The molecule has 0 aliphatic carbocycles. The van der Waals surface area contributed by atoms with E-state index in [0.29, 0.717) is 23.5 Å². The summed E-state index contributed by atoms with van der Waals surface area (Å²) in [6.07, 6.45) is 0.348. The van der Waals surface area contributed by atoms with Crippen LogP contribution in [0.5, 0.6) is 11.5 Å². The van der Waals surface area contributed by atoms with Crippen molar-refractivity contribution >= 4 is 11.9 Å². The van der Waals surface area contributed by atoms with Crippen molar-refractivity contribution in [3.8, 4) is 11.5 Å². The van der Waals surface area contributed by atoms with Crippen molar-refractivity contribution in [2.45, 2.75) is 18.9 Å². The molecule has 0 saturated carbocycles. The number of hydrogen-bond donors (Lipinski definition) is 2. The molecule has 22 heavy (non-hydrogen) atoms. The summed E-state index contributed by atoms with van der Waals surface area (Å²) >= 11 is 0. The molecule has 1 unspecified atom stereocenters. The predicted octanol–water partition coefficient (Wildman–Crippen LogP) is 0.853. The van der Waals surface area contributed by atoms with E-state index in [4.69, 9.17) is 14.6 Å². The maximum atomic E-state index is 12.6. The van der Waals surface area contributed by atoms with Gasteiger partial charge in [0.1, 0.15) is 5.54 Å². The normalized spacial score (nSPS) is 21.0. The van der Waals surface area contributed by atoms with E-state index in [9.17, 15) is 9.59 Å². The molecular formula is C15H20N2O5. The molecule has 1 saturated heterocycles. The van der Waals surface area contributed by atoms with Crippen LogP contribution >= 0.6 is 0 Å². The Balaban J connectivity index is 2.35. The number of nitrogens with zero attached hydrogens (tertiary/aromatic N) is 1. The maximum Gasteiger partial charge on any atom is 0.325 e. The van der Waals surface area contributed by atoms with Crippen LogP contribution in [0.25, 0.3) is 0 Å². The summed E-state index contributed by atoms with van der Waals surface area (Å²) in [7, 11) is 3.03. The van der Waals surface area contributed by atoms with Gasteiger partial charge in [0.15, 0.2) is 11.5 Å².